The largest absolute Gasteiger partial charge is 0.458 e. The van der Waals surface area contributed by atoms with Crippen molar-refractivity contribution in [3.05, 3.63) is 29.8 Å². The first-order chi connectivity index (χ1) is 11.8. The Kier molecular flexibility index (Phi) is 9.58. The van der Waals surface area contributed by atoms with E-state index in [0.29, 0.717) is 35.7 Å². The number of carbonyl (C=O) groups excluding carboxylic acids is 1. The van der Waals surface area contributed by atoms with Gasteiger partial charge in [-0.25, -0.2) is 4.79 Å². The van der Waals surface area contributed by atoms with Crippen LogP contribution in [-0.2, 0) is 4.74 Å². The maximum absolute atomic E-state index is 12.2. The van der Waals surface area contributed by atoms with Crippen LogP contribution in [0.1, 0.15) is 70.7 Å². The Morgan fingerprint density at radius 3 is 1.96 bits per heavy atom. The van der Waals surface area contributed by atoms with Crippen molar-refractivity contribution in [1.82, 2.24) is 5.32 Å². The number of nitrogen functional groups attached to an aromatic ring is 1. The molecule has 0 saturated carbocycles. The van der Waals surface area contributed by atoms with Gasteiger partial charge in [-0.2, -0.15) is 0 Å². The zero-order chi connectivity index (χ0) is 18.8. The summed E-state index contributed by atoms with van der Waals surface area (Å²) in [4.78, 5) is 12.2. The molecule has 0 unspecified atom stereocenters. The molecule has 0 aliphatic rings. The van der Waals surface area contributed by atoms with Crippen LogP contribution < -0.4 is 11.1 Å². The standard InChI is InChI=1S/C21H36N2O2/c1-15(2)6-12-20(13-7-16(3)4)23-14-17(5)25-21(24)18-8-10-19(22)11-9-18/h8-11,15-17,20,23H,6-7,12-14,22H2,1-5H3/t17-/m1/s1. The van der Waals surface area contributed by atoms with Gasteiger partial charge in [0.1, 0.15) is 6.10 Å². The summed E-state index contributed by atoms with van der Waals surface area (Å²) in [6.07, 6.45) is 4.61. The van der Waals surface area contributed by atoms with Gasteiger partial charge in [0.05, 0.1) is 5.56 Å². The Morgan fingerprint density at radius 2 is 1.48 bits per heavy atom. The summed E-state index contributed by atoms with van der Waals surface area (Å²) in [6, 6.07) is 7.32. The van der Waals surface area contributed by atoms with E-state index < -0.39 is 0 Å². The SMILES string of the molecule is CC(C)CCC(CCC(C)C)NC[C@@H](C)OC(=O)c1ccc(N)cc1. The molecule has 3 N–H and O–H groups in total. The molecule has 1 atom stereocenters. The molecular formula is C21H36N2O2. The molecule has 0 aliphatic carbocycles. The van der Waals surface area contributed by atoms with Crippen LogP contribution in [0.5, 0.6) is 0 Å². The second kappa shape index (κ2) is 11.1. The average molecular weight is 349 g/mol. The summed E-state index contributed by atoms with van der Waals surface area (Å²) < 4.78 is 5.54. The number of nitrogens with one attached hydrogen (secondary N) is 1. The molecule has 0 aromatic heterocycles. The van der Waals surface area contributed by atoms with Gasteiger partial charge in [0.25, 0.3) is 0 Å². The van der Waals surface area contributed by atoms with Crippen molar-refractivity contribution in [2.75, 3.05) is 12.3 Å². The van der Waals surface area contributed by atoms with Crippen LogP contribution >= 0.6 is 0 Å². The van der Waals surface area contributed by atoms with E-state index in [-0.39, 0.29) is 12.1 Å². The Balaban J connectivity index is 2.44. The molecule has 0 spiro atoms. The third-order valence-electron chi connectivity index (χ3n) is 4.33. The Labute approximate surface area is 153 Å². The van der Waals surface area contributed by atoms with Crippen molar-refractivity contribution >= 4 is 11.7 Å². The van der Waals surface area contributed by atoms with E-state index in [2.05, 4.69) is 33.0 Å². The second-order valence-electron chi connectivity index (χ2n) is 7.89. The zero-order valence-corrected chi connectivity index (χ0v) is 16.5. The van der Waals surface area contributed by atoms with E-state index in [1.54, 1.807) is 24.3 Å². The molecule has 4 nitrogen and oxygen atoms in total. The highest BCUT2D eigenvalue weighted by molar-refractivity contribution is 5.89. The predicted octanol–water partition coefficient (Wildman–Crippen LogP) is 4.64. The number of hydrogen-bond donors (Lipinski definition) is 2. The van der Waals surface area contributed by atoms with Crippen LogP contribution in [0, 0.1) is 11.8 Å². The minimum absolute atomic E-state index is 0.161. The van der Waals surface area contributed by atoms with Gasteiger partial charge >= 0.3 is 5.97 Å². The Hall–Kier alpha value is -1.55. The van der Waals surface area contributed by atoms with E-state index in [1.807, 2.05) is 6.92 Å². The fourth-order valence-electron chi connectivity index (χ4n) is 2.66. The minimum Gasteiger partial charge on any atom is -0.458 e. The highest BCUT2D eigenvalue weighted by atomic mass is 16.5. The molecular weight excluding hydrogens is 312 g/mol. The molecule has 1 aromatic rings. The van der Waals surface area contributed by atoms with Gasteiger partial charge in [0, 0.05) is 18.3 Å². The lowest BCUT2D eigenvalue weighted by Crippen LogP contribution is -2.37. The summed E-state index contributed by atoms with van der Waals surface area (Å²) in [5.41, 5.74) is 6.83. The number of esters is 1. The third kappa shape index (κ3) is 9.49. The molecule has 0 fully saturated rings. The van der Waals surface area contributed by atoms with Gasteiger partial charge in [-0.1, -0.05) is 27.7 Å². The molecule has 0 heterocycles. The molecule has 0 aliphatic heterocycles. The van der Waals surface area contributed by atoms with Crippen molar-refractivity contribution < 1.29 is 9.53 Å². The maximum Gasteiger partial charge on any atom is 0.338 e. The lowest BCUT2D eigenvalue weighted by molar-refractivity contribution is 0.0335. The molecule has 142 valence electrons. The number of nitrogens with two attached hydrogens (primary N) is 1. The van der Waals surface area contributed by atoms with Crippen LogP contribution in [0.2, 0.25) is 0 Å². The van der Waals surface area contributed by atoms with Crippen molar-refractivity contribution in [3.63, 3.8) is 0 Å². The van der Waals surface area contributed by atoms with E-state index >= 15 is 0 Å². The normalized spacial score (nSPS) is 12.8. The van der Waals surface area contributed by atoms with E-state index in [1.165, 1.54) is 25.7 Å². The van der Waals surface area contributed by atoms with Crippen molar-refractivity contribution in [1.29, 1.82) is 0 Å². The third-order valence-corrected chi connectivity index (χ3v) is 4.33. The highest BCUT2D eigenvalue weighted by Gasteiger charge is 2.15. The summed E-state index contributed by atoms with van der Waals surface area (Å²) in [5, 5.41) is 3.60. The molecule has 25 heavy (non-hydrogen) atoms. The number of rotatable bonds is 11. The maximum atomic E-state index is 12.2. The molecule has 0 amide bonds. The van der Waals surface area contributed by atoms with Gasteiger partial charge in [-0.15, -0.1) is 0 Å². The topological polar surface area (TPSA) is 64.3 Å². The minimum atomic E-state index is -0.296. The highest BCUT2D eigenvalue weighted by Crippen LogP contribution is 2.14. The number of hydrogen-bond acceptors (Lipinski definition) is 4. The van der Waals surface area contributed by atoms with Gasteiger partial charge in [0.2, 0.25) is 0 Å². The summed E-state index contributed by atoms with van der Waals surface area (Å²) in [6.45, 7) is 11.7. The molecule has 0 saturated heterocycles. The molecule has 1 rings (SSSR count). The smallest absolute Gasteiger partial charge is 0.338 e. The van der Waals surface area contributed by atoms with Crippen LogP contribution in [0.4, 0.5) is 5.69 Å². The Bertz CT molecular complexity index is 485. The van der Waals surface area contributed by atoms with Crippen LogP contribution in [0.25, 0.3) is 0 Å². The van der Waals surface area contributed by atoms with E-state index in [9.17, 15) is 4.79 Å². The van der Waals surface area contributed by atoms with Crippen molar-refractivity contribution in [3.8, 4) is 0 Å². The van der Waals surface area contributed by atoms with E-state index in [4.69, 9.17) is 10.5 Å². The average Bonchev–Trinajstić information content (AvgIpc) is 2.54. The van der Waals surface area contributed by atoms with Gasteiger partial charge in [0.15, 0.2) is 0 Å². The summed E-state index contributed by atoms with van der Waals surface area (Å²) in [5.74, 6) is 1.13. The molecule has 0 radical (unpaired) electrons. The predicted molar refractivity (Wildman–Crippen MR) is 106 cm³/mol. The monoisotopic (exact) mass is 348 g/mol. The lowest BCUT2D eigenvalue weighted by atomic mass is 9.97. The quantitative estimate of drug-likeness (QED) is 0.451. The van der Waals surface area contributed by atoms with Crippen LogP contribution in [-0.4, -0.2) is 24.7 Å². The first-order valence-electron chi connectivity index (χ1n) is 9.57. The fraction of sp³-hybridized carbons (Fsp3) is 0.667. The molecule has 4 heteroatoms. The molecule has 1 aromatic carbocycles. The van der Waals surface area contributed by atoms with Crippen LogP contribution in [0.3, 0.4) is 0 Å². The summed E-state index contributed by atoms with van der Waals surface area (Å²) in [7, 11) is 0. The van der Waals surface area contributed by atoms with Crippen molar-refractivity contribution in [2.45, 2.75) is 72.4 Å². The number of carbonyl (C=O) groups is 1. The van der Waals surface area contributed by atoms with E-state index in [0.717, 1.165) is 0 Å². The number of anilines is 1. The van der Waals surface area contributed by atoms with Gasteiger partial charge in [-0.3, -0.25) is 0 Å². The fourth-order valence-corrected chi connectivity index (χ4v) is 2.66. The van der Waals surface area contributed by atoms with Crippen LogP contribution in [0.15, 0.2) is 24.3 Å². The summed E-state index contributed by atoms with van der Waals surface area (Å²) >= 11 is 0. The molecule has 0 bridgehead atoms. The first-order valence-corrected chi connectivity index (χ1v) is 9.57. The number of ether oxygens (including phenoxy) is 1. The first kappa shape index (κ1) is 21.5. The van der Waals surface area contributed by atoms with Gasteiger partial charge < -0.3 is 15.8 Å². The Morgan fingerprint density at radius 1 is 0.960 bits per heavy atom. The second-order valence-corrected chi connectivity index (χ2v) is 7.89. The number of benzene rings is 1. The van der Waals surface area contributed by atoms with Crippen molar-refractivity contribution in [2.24, 2.45) is 11.8 Å². The zero-order valence-electron chi connectivity index (χ0n) is 16.5. The lowest BCUT2D eigenvalue weighted by Gasteiger charge is -2.23. The van der Waals surface area contributed by atoms with Gasteiger partial charge in [-0.05, 0) is 68.7 Å².